The van der Waals surface area contributed by atoms with Crippen molar-refractivity contribution in [2.75, 3.05) is 18.0 Å². The molecule has 0 bridgehead atoms. The van der Waals surface area contributed by atoms with Crippen molar-refractivity contribution in [1.82, 2.24) is 0 Å². The molecule has 0 N–H and O–H groups in total. The summed E-state index contributed by atoms with van der Waals surface area (Å²) in [6, 6.07) is 8.78. The van der Waals surface area contributed by atoms with Gasteiger partial charge in [-0.2, -0.15) is 0 Å². The zero-order chi connectivity index (χ0) is 10.1. The maximum absolute atomic E-state index is 2.42. The highest BCUT2D eigenvalue weighted by molar-refractivity contribution is 5.52. The normalized spacial score (nSPS) is 16.6. The molecule has 0 unspecified atom stereocenters. The minimum absolute atomic E-state index is 1.09. The molecule has 2 rings (SSSR count). The summed E-state index contributed by atoms with van der Waals surface area (Å²) < 4.78 is 0. The summed E-state index contributed by atoms with van der Waals surface area (Å²) in [5.41, 5.74) is 5.71. The fourth-order valence-corrected chi connectivity index (χ4v) is 1.84. The lowest BCUT2D eigenvalue weighted by Gasteiger charge is -2.18. The van der Waals surface area contributed by atoms with Crippen molar-refractivity contribution in [3.05, 3.63) is 41.0 Å². The van der Waals surface area contributed by atoms with Crippen molar-refractivity contribution in [3.8, 4) is 0 Å². The summed E-state index contributed by atoms with van der Waals surface area (Å²) in [7, 11) is 0. The third kappa shape index (κ3) is 1.67. The van der Waals surface area contributed by atoms with Crippen LogP contribution in [-0.2, 0) is 0 Å². The van der Waals surface area contributed by atoms with Gasteiger partial charge in [0.25, 0.3) is 0 Å². The molecular formula is C13H17N. The van der Waals surface area contributed by atoms with Crippen molar-refractivity contribution in [3.63, 3.8) is 0 Å². The van der Waals surface area contributed by atoms with E-state index in [0.717, 1.165) is 13.1 Å². The van der Waals surface area contributed by atoms with Gasteiger partial charge in [-0.15, -0.1) is 0 Å². The number of nitrogens with zero attached hydrogens (tertiary/aromatic N) is 1. The molecule has 74 valence electrons. The second-order valence-corrected chi connectivity index (χ2v) is 4.25. The smallest absolute Gasteiger partial charge is 0.0393 e. The van der Waals surface area contributed by atoms with Gasteiger partial charge in [0.15, 0.2) is 0 Å². The average Bonchev–Trinajstić information content (AvgIpc) is 2.48. The van der Waals surface area contributed by atoms with E-state index in [1.807, 2.05) is 0 Å². The molecule has 14 heavy (non-hydrogen) atoms. The highest BCUT2D eigenvalue weighted by Crippen LogP contribution is 2.23. The fraction of sp³-hybridized carbons (Fsp3) is 0.385. The van der Waals surface area contributed by atoms with E-state index in [-0.39, 0.29) is 0 Å². The summed E-state index contributed by atoms with van der Waals surface area (Å²) >= 11 is 0. The van der Waals surface area contributed by atoms with Crippen LogP contribution < -0.4 is 4.90 Å². The second-order valence-electron chi connectivity index (χ2n) is 4.25. The molecule has 0 aliphatic carbocycles. The van der Waals surface area contributed by atoms with E-state index < -0.39 is 0 Å². The monoisotopic (exact) mass is 187 g/mol. The minimum Gasteiger partial charge on any atom is -0.364 e. The topological polar surface area (TPSA) is 3.24 Å². The van der Waals surface area contributed by atoms with E-state index in [2.05, 4.69) is 49.9 Å². The van der Waals surface area contributed by atoms with Gasteiger partial charge in [0.2, 0.25) is 0 Å². The van der Waals surface area contributed by atoms with Crippen LogP contribution in [0.1, 0.15) is 19.4 Å². The van der Waals surface area contributed by atoms with Crippen LogP contribution in [0, 0.1) is 6.92 Å². The van der Waals surface area contributed by atoms with E-state index in [4.69, 9.17) is 0 Å². The van der Waals surface area contributed by atoms with Gasteiger partial charge in [0.1, 0.15) is 0 Å². The van der Waals surface area contributed by atoms with Crippen molar-refractivity contribution in [2.24, 2.45) is 0 Å². The number of hydrogen-bond donors (Lipinski definition) is 0. The molecule has 0 saturated heterocycles. The lowest BCUT2D eigenvalue weighted by atomic mass is 10.2. The van der Waals surface area contributed by atoms with Crippen molar-refractivity contribution >= 4 is 5.69 Å². The molecule has 0 amide bonds. The molecule has 0 aromatic heterocycles. The summed E-state index contributed by atoms with van der Waals surface area (Å²) in [4.78, 5) is 2.42. The summed E-state index contributed by atoms with van der Waals surface area (Å²) in [5.74, 6) is 0. The zero-order valence-electron chi connectivity index (χ0n) is 9.17. The minimum atomic E-state index is 1.09. The van der Waals surface area contributed by atoms with Crippen LogP contribution in [0.15, 0.2) is 35.4 Å². The van der Waals surface area contributed by atoms with Gasteiger partial charge in [0.05, 0.1) is 0 Å². The number of benzene rings is 1. The van der Waals surface area contributed by atoms with Crippen LogP contribution in [0.3, 0.4) is 0 Å². The Morgan fingerprint density at radius 1 is 0.857 bits per heavy atom. The maximum atomic E-state index is 2.42. The van der Waals surface area contributed by atoms with Gasteiger partial charge < -0.3 is 4.90 Å². The molecule has 1 nitrogen and oxygen atoms in total. The summed E-state index contributed by atoms with van der Waals surface area (Å²) in [6.45, 7) is 8.76. The van der Waals surface area contributed by atoms with E-state index in [0.29, 0.717) is 0 Å². The SMILES string of the molecule is CC1=C(C)CN(c2ccc(C)cc2)C1. The number of anilines is 1. The summed E-state index contributed by atoms with van der Waals surface area (Å²) in [5, 5.41) is 0. The van der Waals surface area contributed by atoms with E-state index in [1.54, 1.807) is 0 Å². The van der Waals surface area contributed by atoms with Crippen LogP contribution in [0.4, 0.5) is 5.69 Å². The molecule has 1 aliphatic heterocycles. The molecule has 1 heteroatoms. The largest absolute Gasteiger partial charge is 0.364 e. The van der Waals surface area contributed by atoms with Gasteiger partial charge in [-0.3, -0.25) is 0 Å². The zero-order valence-corrected chi connectivity index (χ0v) is 9.17. The quantitative estimate of drug-likeness (QED) is 0.610. The van der Waals surface area contributed by atoms with Gasteiger partial charge in [-0.1, -0.05) is 28.8 Å². The number of aryl methyl sites for hydroxylation is 1. The molecule has 0 fully saturated rings. The number of hydrogen-bond acceptors (Lipinski definition) is 1. The third-order valence-electron chi connectivity index (χ3n) is 2.98. The van der Waals surface area contributed by atoms with E-state index in [9.17, 15) is 0 Å². The molecule has 0 spiro atoms. The van der Waals surface area contributed by atoms with Gasteiger partial charge in [-0.25, -0.2) is 0 Å². The van der Waals surface area contributed by atoms with Crippen molar-refractivity contribution in [2.45, 2.75) is 20.8 Å². The first-order valence-electron chi connectivity index (χ1n) is 5.13. The number of rotatable bonds is 1. The van der Waals surface area contributed by atoms with Gasteiger partial charge >= 0.3 is 0 Å². The maximum Gasteiger partial charge on any atom is 0.0393 e. The standard InChI is InChI=1S/C13H17N/c1-10-4-6-13(7-5-10)14-8-11(2)12(3)9-14/h4-7H,8-9H2,1-3H3. The first kappa shape index (κ1) is 9.32. The first-order chi connectivity index (χ1) is 6.66. The Bertz CT molecular complexity index is 345. The van der Waals surface area contributed by atoms with Crippen LogP contribution >= 0.6 is 0 Å². The van der Waals surface area contributed by atoms with Crippen LogP contribution in [0.25, 0.3) is 0 Å². The van der Waals surface area contributed by atoms with Crippen molar-refractivity contribution in [1.29, 1.82) is 0 Å². The Morgan fingerprint density at radius 2 is 1.36 bits per heavy atom. The summed E-state index contributed by atoms with van der Waals surface area (Å²) in [6.07, 6.45) is 0. The Kier molecular flexibility index (Phi) is 2.32. The second kappa shape index (κ2) is 3.49. The lowest BCUT2D eigenvalue weighted by Crippen LogP contribution is -2.19. The lowest BCUT2D eigenvalue weighted by molar-refractivity contribution is 0.973. The Hall–Kier alpha value is -1.24. The molecule has 0 atom stereocenters. The predicted octanol–water partition coefficient (Wildman–Crippen LogP) is 3.15. The first-order valence-corrected chi connectivity index (χ1v) is 5.13. The third-order valence-corrected chi connectivity index (χ3v) is 2.98. The molecule has 0 radical (unpaired) electrons. The molecule has 1 aliphatic rings. The van der Waals surface area contributed by atoms with E-state index >= 15 is 0 Å². The van der Waals surface area contributed by atoms with Gasteiger partial charge in [-0.05, 0) is 32.9 Å². The molecule has 1 heterocycles. The molecular weight excluding hydrogens is 170 g/mol. The highest BCUT2D eigenvalue weighted by Gasteiger charge is 2.15. The highest BCUT2D eigenvalue weighted by atomic mass is 15.1. The fourth-order valence-electron chi connectivity index (χ4n) is 1.84. The molecule has 0 saturated carbocycles. The van der Waals surface area contributed by atoms with Crippen LogP contribution in [0.2, 0.25) is 0 Å². The Labute approximate surface area is 86.1 Å². The van der Waals surface area contributed by atoms with Crippen molar-refractivity contribution < 1.29 is 0 Å². The molecule has 1 aromatic carbocycles. The Balaban J connectivity index is 2.16. The predicted molar refractivity (Wildman–Crippen MR) is 61.8 cm³/mol. The Morgan fingerprint density at radius 3 is 1.86 bits per heavy atom. The van der Waals surface area contributed by atoms with Gasteiger partial charge in [0, 0.05) is 18.8 Å². The average molecular weight is 187 g/mol. The van der Waals surface area contributed by atoms with Crippen LogP contribution in [-0.4, -0.2) is 13.1 Å². The van der Waals surface area contributed by atoms with Crippen LogP contribution in [0.5, 0.6) is 0 Å². The molecule has 1 aromatic rings. The van der Waals surface area contributed by atoms with E-state index in [1.165, 1.54) is 22.4 Å².